The van der Waals surface area contributed by atoms with Crippen LogP contribution >= 0.6 is 0 Å². The highest BCUT2D eigenvalue weighted by Gasteiger charge is 2.30. The molecule has 1 saturated heterocycles. The Labute approximate surface area is 176 Å². The predicted octanol–water partition coefficient (Wildman–Crippen LogP) is 4.75. The average molecular weight is 407 g/mol. The van der Waals surface area contributed by atoms with E-state index in [-0.39, 0.29) is 5.82 Å². The van der Waals surface area contributed by atoms with Gasteiger partial charge in [0.05, 0.1) is 0 Å². The van der Waals surface area contributed by atoms with Gasteiger partial charge in [-0.15, -0.1) is 0 Å². The predicted molar refractivity (Wildman–Crippen MR) is 121 cm³/mol. The third-order valence-electron chi connectivity index (χ3n) is 4.35. The first-order chi connectivity index (χ1) is 14.1. The standard InChI is InChI=1S/C17H21FN4O.3C2H6/c1-2-17(23,13-3-5-15(18)6-4-13)14-11-20-16(21-12-14)22-9-7-19-8-10-22;3*1-2/h3-6,11-12,19,23H,2,7-10H2,1H3;3*1-2H3. The number of rotatable bonds is 4. The lowest BCUT2D eigenvalue weighted by Gasteiger charge is -2.29. The minimum absolute atomic E-state index is 0.322. The van der Waals surface area contributed by atoms with Crippen LogP contribution in [0.2, 0.25) is 0 Å². The van der Waals surface area contributed by atoms with Crippen LogP contribution in [0.3, 0.4) is 0 Å². The third-order valence-corrected chi connectivity index (χ3v) is 4.35. The Bertz CT molecular complexity index is 643. The lowest BCUT2D eigenvalue weighted by atomic mass is 9.86. The molecule has 2 heterocycles. The molecule has 1 unspecified atom stereocenters. The van der Waals surface area contributed by atoms with Gasteiger partial charge >= 0.3 is 0 Å². The van der Waals surface area contributed by atoms with E-state index in [0.29, 0.717) is 23.5 Å². The summed E-state index contributed by atoms with van der Waals surface area (Å²) in [5, 5.41) is 14.3. The molecule has 164 valence electrons. The molecule has 3 rings (SSSR count). The van der Waals surface area contributed by atoms with Crippen molar-refractivity contribution in [3.63, 3.8) is 0 Å². The highest BCUT2D eigenvalue weighted by molar-refractivity contribution is 5.37. The van der Waals surface area contributed by atoms with Gasteiger partial charge in [-0.1, -0.05) is 60.6 Å². The number of hydrogen-bond acceptors (Lipinski definition) is 5. The largest absolute Gasteiger partial charge is 0.380 e. The van der Waals surface area contributed by atoms with E-state index in [9.17, 15) is 9.50 Å². The molecule has 0 amide bonds. The van der Waals surface area contributed by atoms with Crippen LogP contribution in [0.15, 0.2) is 36.7 Å². The molecule has 2 N–H and O–H groups in total. The molecule has 0 bridgehead atoms. The topological polar surface area (TPSA) is 61.3 Å². The van der Waals surface area contributed by atoms with E-state index in [2.05, 4.69) is 20.2 Å². The Kier molecular flexibility index (Phi) is 13.8. The van der Waals surface area contributed by atoms with Gasteiger partial charge < -0.3 is 15.3 Å². The third kappa shape index (κ3) is 7.37. The molecular formula is C23H39FN4O. The van der Waals surface area contributed by atoms with Gasteiger partial charge in [-0.05, 0) is 24.1 Å². The lowest BCUT2D eigenvalue weighted by Crippen LogP contribution is -2.44. The van der Waals surface area contributed by atoms with Gasteiger partial charge in [-0.2, -0.15) is 0 Å². The second kappa shape index (κ2) is 14.9. The van der Waals surface area contributed by atoms with Crippen molar-refractivity contribution in [2.45, 2.75) is 60.5 Å². The van der Waals surface area contributed by atoms with Crippen LogP contribution in [0.25, 0.3) is 0 Å². The Balaban J connectivity index is 0.00000120. The molecule has 0 spiro atoms. The van der Waals surface area contributed by atoms with Crippen molar-refractivity contribution in [3.8, 4) is 0 Å². The maximum Gasteiger partial charge on any atom is 0.225 e. The second-order valence-corrected chi connectivity index (χ2v) is 5.73. The van der Waals surface area contributed by atoms with Gasteiger partial charge in [0.25, 0.3) is 0 Å². The summed E-state index contributed by atoms with van der Waals surface area (Å²) in [7, 11) is 0. The maximum absolute atomic E-state index is 13.1. The summed E-state index contributed by atoms with van der Waals surface area (Å²) in [5.74, 6) is 0.352. The monoisotopic (exact) mass is 406 g/mol. The Morgan fingerprint density at radius 2 is 1.41 bits per heavy atom. The van der Waals surface area contributed by atoms with Crippen molar-refractivity contribution in [1.82, 2.24) is 15.3 Å². The van der Waals surface area contributed by atoms with Crippen LogP contribution in [0.5, 0.6) is 0 Å². The fourth-order valence-corrected chi connectivity index (χ4v) is 2.86. The van der Waals surface area contributed by atoms with Crippen LogP contribution in [0.4, 0.5) is 10.3 Å². The van der Waals surface area contributed by atoms with Crippen LogP contribution in [0.1, 0.15) is 66.0 Å². The second-order valence-electron chi connectivity index (χ2n) is 5.73. The van der Waals surface area contributed by atoms with E-state index >= 15 is 0 Å². The lowest BCUT2D eigenvalue weighted by molar-refractivity contribution is 0.0757. The first-order valence-electron chi connectivity index (χ1n) is 10.9. The molecule has 1 aliphatic rings. The van der Waals surface area contributed by atoms with Crippen LogP contribution in [-0.2, 0) is 5.60 Å². The molecule has 1 aromatic carbocycles. The molecule has 1 fully saturated rings. The van der Waals surface area contributed by atoms with E-state index in [1.165, 1.54) is 12.1 Å². The number of piperazine rings is 1. The maximum atomic E-state index is 13.1. The van der Waals surface area contributed by atoms with Gasteiger partial charge in [0.1, 0.15) is 11.4 Å². The Hall–Kier alpha value is -2.05. The average Bonchev–Trinajstić information content (AvgIpc) is 2.83. The van der Waals surface area contributed by atoms with Crippen LogP contribution in [0, 0.1) is 5.82 Å². The zero-order valence-corrected chi connectivity index (χ0v) is 19.2. The molecule has 6 heteroatoms. The van der Waals surface area contributed by atoms with Crippen molar-refractivity contribution < 1.29 is 9.50 Å². The Morgan fingerprint density at radius 3 is 1.86 bits per heavy atom. The van der Waals surface area contributed by atoms with Crippen molar-refractivity contribution in [2.24, 2.45) is 0 Å². The summed E-state index contributed by atoms with van der Waals surface area (Å²) < 4.78 is 13.1. The first kappa shape index (κ1) is 27.0. The Morgan fingerprint density at radius 1 is 0.931 bits per heavy atom. The van der Waals surface area contributed by atoms with Gasteiger partial charge in [0.15, 0.2) is 0 Å². The summed E-state index contributed by atoms with van der Waals surface area (Å²) in [5.41, 5.74) is 0.0424. The van der Waals surface area contributed by atoms with Crippen molar-refractivity contribution in [1.29, 1.82) is 0 Å². The molecule has 0 saturated carbocycles. The van der Waals surface area contributed by atoms with Gasteiger partial charge in [-0.25, -0.2) is 14.4 Å². The fraction of sp³-hybridized carbons (Fsp3) is 0.565. The molecule has 29 heavy (non-hydrogen) atoms. The number of aliphatic hydroxyl groups is 1. The zero-order chi connectivity index (χ0) is 22.3. The molecule has 1 aliphatic heterocycles. The molecule has 1 aromatic heterocycles. The van der Waals surface area contributed by atoms with Gasteiger partial charge in [0.2, 0.25) is 5.95 Å². The summed E-state index contributed by atoms with van der Waals surface area (Å²) >= 11 is 0. The fourth-order valence-electron chi connectivity index (χ4n) is 2.86. The number of hydrogen-bond donors (Lipinski definition) is 2. The minimum Gasteiger partial charge on any atom is -0.380 e. The quantitative estimate of drug-likeness (QED) is 0.767. The van der Waals surface area contributed by atoms with Crippen LogP contribution < -0.4 is 10.2 Å². The minimum atomic E-state index is -1.21. The number of nitrogens with zero attached hydrogens (tertiary/aromatic N) is 3. The smallest absolute Gasteiger partial charge is 0.225 e. The van der Waals surface area contributed by atoms with Crippen molar-refractivity contribution in [3.05, 3.63) is 53.6 Å². The first-order valence-corrected chi connectivity index (χ1v) is 10.9. The molecule has 2 aromatic rings. The number of anilines is 1. The summed E-state index contributed by atoms with van der Waals surface area (Å²) in [6.07, 6.45) is 3.78. The van der Waals surface area contributed by atoms with Crippen LogP contribution in [-0.4, -0.2) is 41.3 Å². The SMILES string of the molecule is CC.CC.CC.CCC(O)(c1ccc(F)cc1)c1cnc(N2CCNCC2)nc1. The molecule has 0 radical (unpaired) electrons. The number of nitrogens with one attached hydrogen (secondary N) is 1. The summed E-state index contributed by atoms with van der Waals surface area (Å²) in [4.78, 5) is 10.9. The highest BCUT2D eigenvalue weighted by atomic mass is 19.1. The van der Waals surface area contributed by atoms with Gasteiger partial charge in [0, 0.05) is 44.1 Å². The van der Waals surface area contributed by atoms with E-state index in [4.69, 9.17) is 0 Å². The molecule has 1 atom stereocenters. The van der Waals surface area contributed by atoms with E-state index < -0.39 is 5.60 Å². The normalized spacial score (nSPS) is 14.7. The van der Waals surface area contributed by atoms with Crippen molar-refractivity contribution >= 4 is 5.95 Å². The molecule has 0 aliphatic carbocycles. The zero-order valence-electron chi connectivity index (χ0n) is 19.2. The summed E-state index contributed by atoms with van der Waals surface area (Å²) in [6, 6.07) is 5.91. The van der Waals surface area contributed by atoms with Crippen molar-refractivity contribution in [2.75, 3.05) is 31.1 Å². The number of aromatic nitrogens is 2. The van der Waals surface area contributed by atoms with E-state index in [1.807, 2.05) is 48.5 Å². The van der Waals surface area contributed by atoms with Gasteiger partial charge in [-0.3, -0.25) is 0 Å². The molecule has 5 nitrogen and oxygen atoms in total. The summed E-state index contributed by atoms with van der Waals surface area (Å²) in [6.45, 7) is 17.5. The highest BCUT2D eigenvalue weighted by Crippen LogP contribution is 2.32. The molecular weight excluding hydrogens is 367 g/mol. The van der Waals surface area contributed by atoms with E-state index in [0.717, 1.165) is 26.2 Å². The van der Waals surface area contributed by atoms with E-state index in [1.54, 1.807) is 24.5 Å². The number of halogens is 1. The number of benzene rings is 1.